The zero-order valence-corrected chi connectivity index (χ0v) is 20.5. The van der Waals surface area contributed by atoms with Gasteiger partial charge in [-0.1, -0.05) is 66.2 Å². The zero-order valence-electron chi connectivity index (χ0n) is 18.9. The number of hydrogen-bond donors (Lipinski definition) is 1. The first-order valence-electron chi connectivity index (χ1n) is 10.6. The first-order valence-corrected chi connectivity index (χ1v) is 12.4. The van der Waals surface area contributed by atoms with Crippen LogP contribution in [0.2, 0.25) is 5.02 Å². The van der Waals surface area contributed by atoms with Crippen LogP contribution >= 0.6 is 11.6 Å². The predicted octanol–water partition coefficient (Wildman–Crippen LogP) is 3.70. The van der Waals surface area contributed by atoms with Crippen molar-refractivity contribution in [2.24, 2.45) is 0 Å². The first-order chi connectivity index (χ1) is 16.2. The standard InChI is InChI=1S/C25H26ClN3O4S/c1-19(25(31)27-2)28(17-20-10-5-3-6-11-20)24(30)18-29(22-13-9-12-21(26)16-22)34(32,33)23-14-7-4-8-15-23/h3-16,19H,17-18H2,1-2H3,(H,27,31)/t19-/m1/s1. The minimum Gasteiger partial charge on any atom is -0.357 e. The number of benzene rings is 3. The molecule has 0 heterocycles. The second kappa shape index (κ2) is 11.2. The van der Waals surface area contributed by atoms with E-state index in [1.165, 1.54) is 30.1 Å². The van der Waals surface area contributed by atoms with Crippen molar-refractivity contribution < 1.29 is 18.0 Å². The number of carbonyl (C=O) groups excluding carboxylic acids is 2. The minimum atomic E-state index is -4.10. The number of hydrogen-bond acceptors (Lipinski definition) is 4. The van der Waals surface area contributed by atoms with E-state index in [0.717, 1.165) is 9.87 Å². The third-order valence-corrected chi connectivity index (χ3v) is 7.34. The van der Waals surface area contributed by atoms with Crippen molar-refractivity contribution >= 4 is 39.1 Å². The van der Waals surface area contributed by atoms with Crippen molar-refractivity contribution in [1.82, 2.24) is 10.2 Å². The van der Waals surface area contributed by atoms with Gasteiger partial charge in [-0.3, -0.25) is 13.9 Å². The molecule has 0 radical (unpaired) electrons. The number of carbonyl (C=O) groups is 2. The molecule has 0 bridgehead atoms. The maximum absolute atomic E-state index is 13.6. The van der Waals surface area contributed by atoms with E-state index in [-0.39, 0.29) is 23.0 Å². The number of nitrogens with one attached hydrogen (secondary N) is 1. The van der Waals surface area contributed by atoms with Gasteiger partial charge < -0.3 is 10.2 Å². The van der Waals surface area contributed by atoms with Gasteiger partial charge in [0.25, 0.3) is 10.0 Å². The Balaban J connectivity index is 2.01. The van der Waals surface area contributed by atoms with Crippen LogP contribution in [0.3, 0.4) is 0 Å². The fraction of sp³-hybridized carbons (Fsp3) is 0.200. The van der Waals surface area contributed by atoms with E-state index in [1.54, 1.807) is 43.3 Å². The highest BCUT2D eigenvalue weighted by atomic mass is 35.5. The Labute approximate surface area is 205 Å². The van der Waals surface area contributed by atoms with Gasteiger partial charge >= 0.3 is 0 Å². The molecule has 0 aliphatic rings. The number of sulfonamides is 1. The maximum Gasteiger partial charge on any atom is 0.264 e. The molecule has 0 aliphatic heterocycles. The fourth-order valence-corrected chi connectivity index (χ4v) is 5.06. The van der Waals surface area contributed by atoms with Gasteiger partial charge in [-0.25, -0.2) is 8.42 Å². The summed E-state index contributed by atoms with van der Waals surface area (Å²) in [6, 6.07) is 22.5. The van der Waals surface area contributed by atoms with E-state index in [0.29, 0.717) is 5.02 Å². The van der Waals surface area contributed by atoms with Gasteiger partial charge in [0.2, 0.25) is 11.8 Å². The second-order valence-corrected chi connectivity index (χ2v) is 9.90. The molecule has 2 amide bonds. The van der Waals surface area contributed by atoms with E-state index in [9.17, 15) is 18.0 Å². The molecule has 0 saturated carbocycles. The Morgan fingerprint density at radius 2 is 1.56 bits per heavy atom. The summed E-state index contributed by atoms with van der Waals surface area (Å²) in [4.78, 5) is 27.4. The zero-order chi connectivity index (χ0) is 24.7. The number of likely N-dealkylation sites (N-methyl/N-ethyl adjacent to an activating group) is 1. The van der Waals surface area contributed by atoms with Crippen molar-refractivity contribution in [2.75, 3.05) is 17.9 Å². The summed E-state index contributed by atoms with van der Waals surface area (Å²) in [6.07, 6.45) is 0. The fourth-order valence-electron chi connectivity index (χ4n) is 3.45. The summed E-state index contributed by atoms with van der Waals surface area (Å²) in [7, 11) is -2.61. The van der Waals surface area contributed by atoms with Gasteiger partial charge in [0.1, 0.15) is 12.6 Å². The first kappa shape index (κ1) is 25.3. The van der Waals surface area contributed by atoms with Gasteiger partial charge in [0.15, 0.2) is 0 Å². The van der Waals surface area contributed by atoms with E-state index >= 15 is 0 Å². The highest BCUT2D eigenvalue weighted by molar-refractivity contribution is 7.92. The topological polar surface area (TPSA) is 86.8 Å². The number of anilines is 1. The van der Waals surface area contributed by atoms with Crippen molar-refractivity contribution in [3.8, 4) is 0 Å². The van der Waals surface area contributed by atoms with Crippen LogP contribution < -0.4 is 9.62 Å². The van der Waals surface area contributed by atoms with Gasteiger partial charge in [-0.2, -0.15) is 0 Å². The average Bonchev–Trinajstić information content (AvgIpc) is 2.85. The SMILES string of the molecule is CNC(=O)[C@@H](C)N(Cc1ccccc1)C(=O)CN(c1cccc(Cl)c1)S(=O)(=O)c1ccccc1. The molecule has 7 nitrogen and oxygen atoms in total. The quantitative estimate of drug-likeness (QED) is 0.486. The van der Waals surface area contributed by atoms with Crippen LogP contribution in [-0.4, -0.2) is 44.8 Å². The normalized spacial score (nSPS) is 12.0. The smallest absolute Gasteiger partial charge is 0.264 e. The van der Waals surface area contributed by atoms with Crippen LogP contribution in [0, 0.1) is 0 Å². The Kier molecular flexibility index (Phi) is 8.31. The average molecular weight is 500 g/mol. The van der Waals surface area contributed by atoms with E-state index in [4.69, 9.17) is 11.6 Å². The van der Waals surface area contributed by atoms with Crippen molar-refractivity contribution in [3.05, 3.63) is 95.5 Å². The lowest BCUT2D eigenvalue weighted by Crippen LogP contribution is -2.50. The summed E-state index contributed by atoms with van der Waals surface area (Å²) < 4.78 is 28.1. The second-order valence-electron chi connectivity index (χ2n) is 7.60. The Morgan fingerprint density at radius 3 is 2.15 bits per heavy atom. The number of halogens is 1. The Bertz CT molecular complexity index is 1240. The molecule has 3 aromatic carbocycles. The highest BCUT2D eigenvalue weighted by Gasteiger charge is 2.32. The molecular weight excluding hydrogens is 474 g/mol. The molecule has 1 atom stereocenters. The van der Waals surface area contributed by atoms with Gasteiger partial charge in [0, 0.05) is 18.6 Å². The molecule has 34 heavy (non-hydrogen) atoms. The lowest BCUT2D eigenvalue weighted by Gasteiger charge is -2.31. The van der Waals surface area contributed by atoms with Crippen LogP contribution in [0.15, 0.2) is 89.8 Å². The summed E-state index contributed by atoms with van der Waals surface area (Å²) in [6.45, 7) is 1.24. The third-order valence-electron chi connectivity index (χ3n) is 5.32. The molecule has 0 aromatic heterocycles. The number of amides is 2. The van der Waals surface area contributed by atoms with E-state index in [1.807, 2.05) is 30.3 Å². The van der Waals surface area contributed by atoms with Crippen molar-refractivity contribution in [1.29, 1.82) is 0 Å². The molecule has 0 saturated heterocycles. The molecule has 3 aromatic rings. The lowest BCUT2D eigenvalue weighted by atomic mass is 10.1. The molecule has 178 valence electrons. The molecular formula is C25H26ClN3O4S. The summed E-state index contributed by atoms with van der Waals surface area (Å²) in [5, 5.41) is 2.88. The summed E-state index contributed by atoms with van der Waals surface area (Å²) >= 11 is 6.13. The molecule has 9 heteroatoms. The van der Waals surface area contributed by atoms with Gasteiger partial charge in [-0.15, -0.1) is 0 Å². The predicted molar refractivity (Wildman–Crippen MR) is 133 cm³/mol. The highest BCUT2D eigenvalue weighted by Crippen LogP contribution is 2.26. The van der Waals surface area contributed by atoms with Crippen LogP contribution in [0.25, 0.3) is 0 Å². The molecule has 1 N–H and O–H groups in total. The monoisotopic (exact) mass is 499 g/mol. The Hall–Kier alpha value is -3.36. The van der Waals surface area contributed by atoms with Crippen molar-refractivity contribution in [3.63, 3.8) is 0 Å². The van der Waals surface area contributed by atoms with Crippen molar-refractivity contribution in [2.45, 2.75) is 24.4 Å². The van der Waals surface area contributed by atoms with E-state index < -0.39 is 28.5 Å². The molecule has 3 rings (SSSR count). The molecule has 0 spiro atoms. The maximum atomic E-state index is 13.6. The number of nitrogens with zero attached hydrogens (tertiary/aromatic N) is 2. The largest absolute Gasteiger partial charge is 0.357 e. The molecule has 0 unspecified atom stereocenters. The van der Waals surface area contributed by atoms with Crippen LogP contribution in [-0.2, 0) is 26.2 Å². The molecule has 0 aliphatic carbocycles. The van der Waals surface area contributed by atoms with Crippen LogP contribution in [0.4, 0.5) is 5.69 Å². The van der Waals surface area contributed by atoms with Crippen LogP contribution in [0.5, 0.6) is 0 Å². The Morgan fingerprint density at radius 1 is 0.941 bits per heavy atom. The van der Waals surface area contributed by atoms with Crippen LogP contribution in [0.1, 0.15) is 12.5 Å². The molecule has 0 fully saturated rings. The lowest BCUT2D eigenvalue weighted by molar-refractivity contribution is -0.139. The van der Waals surface area contributed by atoms with Gasteiger partial charge in [-0.05, 0) is 42.8 Å². The summed E-state index contributed by atoms with van der Waals surface area (Å²) in [5.41, 5.74) is 1.06. The van der Waals surface area contributed by atoms with E-state index in [2.05, 4.69) is 5.32 Å². The summed E-state index contributed by atoms with van der Waals surface area (Å²) in [5.74, 6) is -0.885. The van der Waals surface area contributed by atoms with Gasteiger partial charge in [0.05, 0.1) is 10.6 Å². The number of rotatable bonds is 9. The third kappa shape index (κ3) is 5.95. The minimum absolute atomic E-state index is 0.0386.